The third kappa shape index (κ3) is 4.15. The van der Waals surface area contributed by atoms with Crippen molar-refractivity contribution < 1.29 is 23.2 Å². The van der Waals surface area contributed by atoms with Gasteiger partial charge in [-0.2, -0.15) is 0 Å². The normalized spacial score (nSPS) is 10.8. The number of methoxy groups -OCH3 is 2. The van der Waals surface area contributed by atoms with E-state index in [9.17, 15) is 14.0 Å². The number of carbonyl (C=O) groups is 1. The maximum atomic E-state index is 13.2. The number of aryl methyl sites for hydroxylation is 1. The number of hydrogen-bond acceptors (Lipinski definition) is 7. The van der Waals surface area contributed by atoms with Crippen molar-refractivity contribution in [3.8, 4) is 22.8 Å². The van der Waals surface area contributed by atoms with Crippen LogP contribution < -0.4 is 20.3 Å². The minimum absolute atomic E-state index is 0.0264. The summed E-state index contributed by atoms with van der Waals surface area (Å²) < 4.78 is 30.1. The van der Waals surface area contributed by atoms with Crippen LogP contribution in [0.15, 0.2) is 58.1 Å². The van der Waals surface area contributed by atoms with Crippen molar-refractivity contribution >= 4 is 22.7 Å². The fraction of sp³-hybridized carbons (Fsp3) is 0.182. The van der Waals surface area contributed by atoms with Gasteiger partial charge in [-0.25, -0.2) is 9.37 Å². The number of anilines is 1. The standard InChI is InChI=1S/C22H19FN4O5/c1-30-16-8-7-15(11-17(16)31-2)25-18(28)9-10-27-12-24-21-19(22(27)29)20(26-32-21)13-3-5-14(23)6-4-13/h3-8,11-12H,9-10H2,1-2H3,(H,25,28). The lowest BCUT2D eigenvalue weighted by atomic mass is 10.1. The molecule has 0 radical (unpaired) electrons. The average molecular weight is 438 g/mol. The molecule has 0 aliphatic carbocycles. The quantitative estimate of drug-likeness (QED) is 0.472. The highest BCUT2D eigenvalue weighted by Gasteiger charge is 2.17. The first kappa shape index (κ1) is 21.0. The van der Waals surface area contributed by atoms with Crippen molar-refractivity contribution in [2.24, 2.45) is 0 Å². The van der Waals surface area contributed by atoms with E-state index in [2.05, 4.69) is 15.5 Å². The van der Waals surface area contributed by atoms with Crippen LogP contribution in [0.25, 0.3) is 22.4 Å². The highest BCUT2D eigenvalue weighted by atomic mass is 19.1. The maximum absolute atomic E-state index is 13.2. The van der Waals surface area contributed by atoms with Crippen LogP contribution in [0.5, 0.6) is 11.5 Å². The van der Waals surface area contributed by atoms with Gasteiger partial charge in [0.15, 0.2) is 11.5 Å². The van der Waals surface area contributed by atoms with Gasteiger partial charge >= 0.3 is 0 Å². The zero-order chi connectivity index (χ0) is 22.7. The molecule has 1 amide bonds. The molecular weight excluding hydrogens is 419 g/mol. The average Bonchev–Trinajstić information content (AvgIpc) is 3.24. The van der Waals surface area contributed by atoms with Gasteiger partial charge in [0.2, 0.25) is 5.91 Å². The third-order valence-electron chi connectivity index (χ3n) is 4.83. The van der Waals surface area contributed by atoms with Gasteiger partial charge in [0.25, 0.3) is 11.3 Å². The van der Waals surface area contributed by atoms with Crippen LogP contribution in [0, 0.1) is 5.82 Å². The molecule has 164 valence electrons. The van der Waals surface area contributed by atoms with Crippen LogP contribution >= 0.6 is 0 Å². The summed E-state index contributed by atoms with van der Waals surface area (Å²) >= 11 is 0. The van der Waals surface area contributed by atoms with Crippen LogP contribution in [0.1, 0.15) is 6.42 Å². The van der Waals surface area contributed by atoms with Gasteiger partial charge in [0.05, 0.1) is 14.2 Å². The molecule has 9 nitrogen and oxygen atoms in total. The Hall–Kier alpha value is -4.21. The topological polar surface area (TPSA) is 108 Å². The van der Waals surface area contributed by atoms with Crippen molar-refractivity contribution in [3.05, 3.63) is 65.0 Å². The number of ether oxygens (including phenoxy) is 2. The van der Waals surface area contributed by atoms with Crippen LogP contribution in [0.4, 0.5) is 10.1 Å². The molecule has 0 aliphatic rings. The number of aromatic nitrogens is 3. The predicted octanol–water partition coefficient (Wildman–Crippen LogP) is 3.24. The molecule has 0 unspecified atom stereocenters. The van der Waals surface area contributed by atoms with E-state index in [1.165, 1.54) is 49.4 Å². The third-order valence-corrected chi connectivity index (χ3v) is 4.83. The summed E-state index contributed by atoms with van der Waals surface area (Å²) in [5.41, 5.74) is 0.982. The van der Waals surface area contributed by atoms with E-state index >= 15 is 0 Å². The van der Waals surface area contributed by atoms with E-state index in [1.54, 1.807) is 18.2 Å². The molecule has 0 atom stereocenters. The highest BCUT2D eigenvalue weighted by molar-refractivity contribution is 5.91. The second kappa shape index (κ2) is 8.88. The number of amides is 1. The summed E-state index contributed by atoms with van der Waals surface area (Å²) in [5, 5.41) is 6.83. The Morgan fingerprint density at radius 2 is 1.88 bits per heavy atom. The van der Waals surface area contributed by atoms with Gasteiger partial charge in [-0.15, -0.1) is 0 Å². The number of halogens is 1. The fourth-order valence-electron chi connectivity index (χ4n) is 3.20. The molecule has 4 aromatic rings. The molecule has 32 heavy (non-hydrogen) atoms. The summed E-state index contributed by atoms with van der Waals surface area (Å²) in [4.78, 5) is 29.5. The smallest absolute Gasteiger partial charge is 0.266 e. The monoisotopic (exact) mass is 438 g/mol. The number of nitrogens with one attached hydrogen (secondary N) is 1. The van der Waals surface area contributed by atoms with Crippen LogP contribution in [-0.4, -0.2) is 34.8 Å². The molecule has 10 heteroatoms. The Kier molecular flexibility index (Phi) is 5.84. The van der Waals surface area contributed by atoms with Crippen LogP contribution in [0.3, 0.4) is 0 Å². The van der Waals surface area contributed by atoms with Crippen LogP contribution in [-0.2, 0) is 11.3 Å². The Balaban J connectivity index is 1.52. The van der Waals surface area contributed by atoms with Gasteiger partial charge in [-0.3, -0.25) is 14.2 Å². The van der Waals surface area contributed by atoms with Crippen molar-refractivity contribution in [1.29, 1.82) is 0 Å². The molecule has 2 aromatic heterocycles. The SMILES string of the molecule is COc1ccc(NC(=O)CCn2cnc3onc(-c4ccc(F)cc4)c3c2=O)cc1OC. The Labute approximate surface area is 181 Å². The minimum atomic E-state index is -0.408. The lowest BCUT2D eigenvalue weighted by Gasteiger charge is -2.11. The molecule has 0 spiro atoms. The zero-order valence-electron chi connectivity index (χ0n) is 17.3. The number of benzene rings is 2. The molecule has 0 saturated heterocycles. The summed E-state index contributed by atoms with van der Waals surface area (Å²) in [6.45, 7) is 0.0922. The lowest BCUT2D eigenvalue weighted by Crippen LogP contribution is -2.23. The first-order valence-corrected chi connectivity index (χ1v) is 9.63. The number of nitrogens with zero attached hydrogens (tertiary/aromatic N) is 3. The van der Waals surface area contributed by atoms with Gasteiger partial charge < -0.3 is 19.3 Å². The second-order valence-electron chi connectivity index (χ2n) is 6.83. The van der Waals surface area contributed by atoms with E-state index in [1.807, 2.05) is 0 Å². The molecule has 0 fully saturated rings. The molecule has 2 aromatic carbocycles. The largest absolute Gasteiger partial charge is 0.493 e. The first-order chi connectivity index (χ1) is 15.5. The second-order valence-corrected chi connectivity index (χ2v) is 6.83. The van der Waals surface area contributed by atoms with Gasteiger partial charge in [0, 0.05) is 30.3 Å². The summed E-state index contributed by atoms with van der Waals surface area (Å²) in [7, 11) is 3.03. The Morgan fingerprint density at radius 3 is 2.59 bits per heavy atom. The number of hydrogen-bond donors (Lipinski definition) is 1. The van der Waals surface area contributed by atoms with Gasteiger partial charge in [-0.05, 0) is 36.4 Å². The Morgan fingerprint density at radius 1 is 1.12 bits per heavy atom. The molecule has 2 heterocycles. The highest BCUT2D eigenvalue weighted by Crippen LogP contribution is 2.29. The molecule has 0 bridgehead atoms. The summed E-state index contributed by atoms with van der Waals surface area (Å²) in [6.07, 6.45) is 1.33. The van der Waals surface area contributed by atoms with Gasteiger partial charge in [-0.1, -0.05) is 5.16 Å². The van der Waals surface area contributed by atoms with Crippen molar-refractivity contribution in [3.63, 3.8) is 0 Å². The summed E-state index contributed by atoms with van der Waals surface area (Å²) in [5.74, 6) is 0.324. The molecular formula is C22H19FN4O5. The van der Waals surface area contributed by atoms with E-state index in [0.29, 0.717) is 22.7 Å². The zero-order valence-corrected chi connectivity index (χ0v) is 17.3. The maximum Gasteiger partial charge on any atom is 0.266 e. The Bertz CT molecular complexity index is 1330. The minimum Gasteiger partial charge on any atom is -0.493 e. The van der Waals surface area contributed by atoms with E-state index in [0.717, 1.165) is 0 Å². The molecule has 1 N–H and O–H groups in total. The molecule has 0 aliphatic heterocycles. The van der Waals surface area contributed by atoms with Crippen molar-refractivity contribution in [1.82, 2.24) is 14.7 Å². The number of rotatable bonds is 7. The predicted molar refractivity (Wildman–Crippen MR) is 114 cm³/mol. The van der Waals surface area contributed by atoms with Crippen LogP contribution in [0.2, 0.25) is 0 Å². The lowest BCUT2D eigenvalue weighted by molar-refractivity contribution is -0.116. The van der Waals surface area contributed by atoms with Crippen molar-refractivity contribution in [2.75, 3.05) is 19.5 Å². The number of fused-ring (bicyclic) bond motifs is 1. The fourth-order valence-corrected chi connectivity index (χ4v) is 3.20. The van der Waals surface area contributed by atoms with Gasteiger partial charge in [0.1, 0.15) is 23.2 Å². The molecule has 4 rings (SSSR count). The van der Waals surface area contributed by atoms with E-state index < -0.39 is 11.4 Å². The number of carbonyl (C=O) groups excluding carboxylic acids is 1. The van der Waals surface area contributed by atoms with Crippen molar-refractivity contribution in [2.45, 2.75) is 13.0 Å². The first-order valence-electron chi connectivity index (χ1n) is 9.63. The molecule has 0 saturated carbocycles. The van der Waals surface area contributed by atoms with E-state index in [-0.39, 0.29) is 35.7 Å². The van der Waals surface area contributed by atoms with E-state index in [4.69, 9.17) is 14.0 Å². The summed E-state index contributed by atoms with van der Waals surface area (Å²) in [6, 6.07) is 10.5.